The van der Waals surface area contributed by atoms with Gasteiger partial charge >= 0.3 is 0 Å². The van der Waals surface area contributed by atoms with Crippen molar-refractivity contribution < 1.29 is 9.84 Å². The van der Waals surface area contributed by atoms with Gasteiger partial charge in [0.25, 0.3) is 0 Å². The van der Waals surface area contributed by atoms with E-state index in [0.717, 1.165) is 0 Å². The van der Waals surface area contributed by atoms with Crippen molar-refractivity contribution >= 4 is 23.2 Å². The van der Waals surface area contributed by atoms with E-state index < -0.39 is 6.10 Å². The van der Waals surface area contributed by atoms with E-state index in [-0.39, 0.29) is 6.61 Å². The third-order valence-electron chi connectivity index (χ3n) is 2.03. The second kappa shape index (κ2) is 7.74. The zero-order valence-corrected chi connectivity index (χ0v) is 10.8. The molecule has 1 unspecified atom stereocenters. The summed E-state index contributed by atoms with van der Waals surface area (Å²) in [4.78, 5) is 0. The van der Waals surface area contributed by atoms with E-state index in [0.29, 0.717) is 35.4 Å². The van der Waals surface area contributed by atoms with Gasteiger partial charge in [-0.05, 0) is 18.2 Å². The maximum Gasteiger partial charge on any atom is 0.138 e. The Morgan fingerprint density at radius 3 is 2.82 bits per heavy atom. The van der Waals surface area contributed by atoms with Gasteiger partial charge in [-0.1, -0.05) is 23.2 Å². The maximum absolute atomic E-state index is 9.59. The Kier molecular flexibility index (Phi) is 6.62. The van der Waals surface area contributed by atoms with Crippen molar-refractivity contribution in [3.8, 4) is 5.75 Å². The fraction of sp³-hybridized carbons (Fsp3) is 0.455. The third-order valence-corrected chi connectivity index (χ3v) is 2.56. The Bertz CT molecular complexity index is 350. The predicted molar refractivity (Wildman–Crippen MR) is 69.9 cm³/mol. The maximum atomic E-state index is 9.59. The van der Waals surface area contributed by atoms with Crippen molar-refractivity contribution in [1.82, 2.24) is 5.32 Å². The number of hydrogen-bond acceptors (Lipinski definition) is 4. The molecule has 96 valence electrons. The molecule has 0 spiro atoms. The molecule has 0 fully saturated rings. The van der Waals surface area contributed by atoms with Crippen molar-refractivity contribution in [1.29, 1.82) is 0 Å². The van der Waals surface area contributed by atoms with Crippen molar-refractivity contribution in [2.75, 3.05) is 26.2 Å². The first-order chi connectivity index (χ1) is 8.13. The molecule has 1 aromatic carbocycles. The van der Waals surface area contributed by atoms with E-state index in [9.17, 15) is 5.11 Å². The first-order valence-corrected chi connectivity index (χ1v) is 6.05. The average molecular weight is 279 g/mol. The van der Waals surface area contributed by atoms with Gasteiger partial charge in [-0.3, -0.25) is 0 Å². The van der Waals surface area contributed by atoms with Crippen molar-refractivity contribution in [2.45, 2.75) is 6.10 Å². The molecule has 0 aliphatic carbocycles. The quantitative estimate of drug-likeness (QED) is 0.658. The smallest absolute Gasteiger partial charge is 0.138 e. The first-order valence-electron chi connectivity index (χ1n) is 5.30. The van der Waals surface area contributed by atoms with Crippen LogP contribution in [0.3, 0.4) is 0 Å². The molecule has 1 rings (SSSR count). The molecule has 17 heavy (non-hydrogen) atoms. The van der Waals surface area contributed by atoms with Crippen LogP contribution in [0.2, 0.25) is 10.0 Å². The summed E-state index contributed by atoms with van der Waals surface area (Å²) in [6.45, 7) is 1.80. The van der Waals surface area contributed by atoms with Crippen molar-refractivity contribution in [3.05, 3.63) is 28.2 Å². The van der Waals surface area contributed by atoms with Crippen LogP contribution in [-0.2, 0) is 0 Å². The average Bonchev–Trinajstić information content (AvgIpc) is 2.28. The summed E-state index contributed by atoms with van der Waals surface area (Å²) in [5.74, 6) is 0.508. The molecule has 0 aliphatic rings. The van der Waals surface area contributed by atoms with Crippen LogP contribution in [-0.4, -0.2) is 37.5 Å². The molecule has 6 heteroatoms. The van der Waals surface area contributed by atoms with Crippen LogP contribution in [0.15, 0.2) is 18.2 Å². The monoisotopic (exact) mass is 278 g/mol. The molecule has 0 saturated heterocycles. The van der Waals surface area contributed by atoms with Crippen LogP contribution in [0.1, 0.15) is 0 Å². The molecule has 0 aliphatic heterocycles. The fourth-order valence-corrected chi connectivity index (χ4v) is 1.67. The zero-order chi connectivity index (χ0) is 12.7. The Morgan fingerprint density at radius 2 is 2.18 bits per heavy atom. The number of nitrogens with two attached hydrogens (primary N) is 1. The Hall–Kier alpha value is -0.520. The van der Waals surface area contributed by atoms with E-state index in [4.69, 9.17) is 33.7 Å². The van der Waals surface area contributed by atoms with Gasteiger partial charge in [-0.2, -0.15) is 0 Å². The SMILES string of the molecule is NCCNCC(O)COc1ccc(Cl)cc1Cl. The summed E-state index contributed by atoms with van der Waals surface area (Å²) in [6.07, 6.45) is -0.603. The van der Waals surface area contributed by atoms with Crippen LogP contribution < -0.4 is 15.8 Å². The van der Waals surface area contributed by atoms with Gasteiger partial charge < -0.3 is 20.9 Å². The highest BCUT2D eigenvalue weighted by molar-refractivity contribution is 6.35. The molecule has 0 radical (unpaired) electrons. The van der Waals surface area contributed by atoms with Gasteiger partial charge in [0.1, 0.15) is 18.5 Å². The molecule has 0 amide bonds. The number of nitrogens with one attached hydrogen (secondary N) is 1. The van der Waals surface area contributed by atoms with Gasteiger partial charge in [0.05, 0.1) is 5.02 Å². The van der Waals surface area contributed by atoms with E-state index in [1.165, 1.54) is 0 Å². The summed E-state index contributed by atoms with van der Waals surface area (Å²) in [7, 11) is 0. The molecule has 0 bridgehead atoms. The van der Waals surface area contributed by atoms with E-state index >= 15 is 0 Å². The molecule has 1 atom stereocenters. The number of hydrogen-bond donors (Lipinski definition) is 3. The van der Waals surface area contributed by atoms with Crippen LogP contribution in [0, 0.1) is 0 Å². The van der Waals surface area contributed by atoms with Gasteiger partial charge in [0.2, 0.25) is 0 Å². The fourth-order valence-electron chi connectivity index (χ4n) is 1.21. The lowest BCUT2D eigenvalue weighted by Crippen LogP contribution is -2.34. The lowest BCUT2D eigenvalue weighted by molar-refractivity contribution is 0.107. The van der Waals surface area contributed by atoms with Gasteiger partial charge in [0, 0.05) is 24.7 Å². The number of aliphatic hydroxyl groups is 1. The molecule has 0 aromatic heterocycles. The van der Waals surface area contributed by atoms with E-state index in [1.54, 1.807) is 18.2 Å². The minimum Gasteiger partial charge on any atom is -0.489 e. The van der Waals surface area contributed by atoms with E-state index in [1.807, 2.05) is 0 Å². The standard InChI is InChI=1S/C11H16Cl2N2O2/c12-8-1-2-11(10(13)5-8)17-7-9(16)6-15-4-3-14/h1-2,5,9,15-16H,3-4,6-7,14H2. The minimum atomic E-state index is -0.603. The van der Waals surface area contributed by atoms with Crippen LogP contribution in [0.5, 0.6) is 5.75 Å². The second-order valence-corrected chi connectivity index (χ2v) is 4.38. The number of benzene rings is 1. The highest BCUT2D eigenvalue weighted by Gasteiger charge is 2.07. The summed E-state index contributed by atoms with van der Waals surface area (Å²) in [5, 5.41) is 13.5. The van der Waals surface area contributed by atoms with Crippen LogP contribution in [0.25, 0.3) is 0 Å². The number of halogens is 2. The number of rotatable bonds is 7. The highest BCUT2D eigenvalue weighted by atomic mass is 35.5. The molecule has 0 heterocycles. The summed E-state index contributed by atoms with van der Waals surface area (Å²) in [6, 6.07) is 4.95. The second-order valence-electron chi connectivity index (χ2n) is 3.53. The minimum absolute atomic E-state index is 0.166. The van der Waals surface area contributed by atoms with Crippen molar-refractivity contribution in [2.24, 2.45) is 5.73 Å². The normalized spacial score (nSPS) is 12.5. The van der Waals surface area contributed by atoms with Crippen LogP contribution in [0.4, 0.5) is 0 Å². The van der Waals surface area contributed by atoms with Gasteiger partial charge in [-0.25, -0.2) is 0 Å². The number of aliphatic hydroxyl groups excluding tert-OH is 1. The van der Waals surface area contributed by atoms with Gasteiger partial charge in [0.15, 0.2) is 0 Å². The first kappa shape index (κ1) is 14.5. The highest BCUT2D eigenvalue weighted by Crippen LogP contribution is 2.27. The van der Waals surface area contributed by atoms with Crippen molar-refractivity contribution in [3.63, 3.8) is 0 Å². The summed E-state index contributed by atoms with van der Waals surface area (Å²) >= 11 is 11.7. The molecule has 4 nitrogen and oxygen atoms in total. The summed E-state index contributed by atoms with van der Waals surface area (Å²) in [5.41, 5.74) is 5.31. The molecule has 4 N–H and O–H groups in total. The molecule has 0 saturated carbocycles. The Balaban J connectivity index is 2.34. The predicted octanol–water partition coefficient (Wildman–Crippen LogP) is 1.28. The number of ether oxygens (including phenoxy) is 1. The third kappa shape index (κ3) is 5.57. The van der Waals surface area contributed by atoms with Gasteiger partial charge in [-0.15, -0.1) is 0 Å². The molecular formula is C11H16Cl2N2O2. The molecule has 1 aromatic rings. The van der Waals surface area contributed by atoms with Crippen LogP contribution >= 0.6 is 23.2 Å². The Morgan fingerprint density at radius 1 is 1.41 bits per heavy atom. The molecular weight excluding hydrogens is 263 g/mol. The Labute approximate surface area is 111 Å². The summed E-state index contributed by atoms with van der Waals surface area (Å²) < 4.78 is 5.37. The lowest BCUT2D eigenvalue weighted by atomic mass is 10.3. The lowest BCUT2D eigenvalue weighted by Gasteiger charge is -2.13. The largest absolute Gasteiger partial charge is 0.489 e. The zero-order valence-electron chi connectivity index (χ0n) is 9.33. The topological polar surface area (TPSA) is 67.5 Å². The van der Waals surface area contributed by atoms with E-state index in [2.05, 4.69) is 5.32 Å².